The van der Waals surface area contributed by atoms with Crippen molar-refractivity contribution in [2.45, 2.75) is 51.9 Å². The highest BCUT2D eigenvalue weighted by Gasteiger charge is 2.35. The normalized spacial score (nSPS) is 18.9. The second-order valence-corrected chi connectivity index (χ2v) is 8.93. The lowest BCUT2D eigenvalue weighted by molar-refractivity contribution is 0.00406. The average Bonchev–Trinajstić information content (AvgIpc) is 2.76. The Bertz CT molecular complexity index is 849. The fourth-order valence-electron chi connectivity index (χ4n) is 3.76. The monoisotopic (exact) mass is 424 g/mol. The molecule has 0 spiro atoms. The number of nitrogens with zero attached hydrogens (tertiary/aromatic N) is 1. The van der Waals surface area contributed by atoms with E-state index in [0.29, 0.717) is 13.1 Å². The Morgan fingerprint density at radius 2 is 1.68 bits per heavy atom. The van der Waals surface area contributed by atoms with Gasteiger partial charge in [0.2, 0.25) is 0 Å². The van der Waals surface area contributed by atoms with Gasteiger partial charge in [0, 0.05) is 13.1 Å². The van der Waals surface area contributed by atoms with Gasteiger partial charge in [-0.1, -0.05) is 60.7 Å². The minimum Gasteiger partial charge on any atom is -0.445 e. The van der Waals surface area contributed by atoms with Gasteiger partial charge in [-0.2, -0.15) is 0 Å². The van der Waals surface area contributed by atoms with E-state index in [1.54, 1.807) is 0 Å². The van der Waals surface area contributed by atoms with Crippen molar-refractivity contribution in [2.24, 2.45) is 5.92 Å². The van der Waals surface area contributed by atoms with E-state index in [1.165, 1.54) is 0 Å². The van der Waals surface area contributed by atoms with Gasteiger partial charge in [0.25, 0.3) is 0 Å². The Kier molecular flexibility index (Phi) is 7.55. The van der Waals surface area contributed by atoms with E-state index < -0.39 is 11.7 Å². The van der Waals surface area contributed by atoms with Crippen LogP contribution in [0.4, 0.5) is 9.59 Å². The first-order chi connectivity index (χ1) is 14.8. The van der Waals surface area contributed by atoms with Crippen molar-refractivity contribution in [1.29, 1.82) is 0 Å². The first-order valence-electron chi connectivity index (χ1n) is 10.8. The number of amides is 2. The summed E-state index contributed by atoms with van der Waals surface area (Å²) < 4.78 is 10.9. The van der Waals surface area contributed by atoms with E-state index in [0.717, 1.165) is 24.0 Å². The molecule has 31 heavy (non-hydrogen) atoms. The Morgan fingerprint density at radius 1 is 1.03 bits per heavy atom. The molecule has 1 N–H and O–H groups in total. The molecule has 1 aliphatic heterocycles. The number of likely N-dealkylation sites (tertiary alicyclic amines) is 1. The number of ether oxygens (including phenoxy) is 2. The summed E-state index contributed by atoms with van der Waals surface area (Å²) in [7, 11) is 0. The Balaban J connectivity index is 1.57. The number of rotatable bonds is 5. The highest BCUT2D eigenvalue weighted by atomic mass is 16.6. The fourth-order valence-corrected chi connectivity index (χ4v) is 3.76. The SMILES string of the molecule is CC(C)(C)OC(=O)N1CCC(CNC(=O)OCc2ccccc2)CC1c1ccccc1. The fraction of sp³-hybridized carbons (Fsp3) is 0.440. The van der Waals surface area contributed by atoms with Crippen molar-refractivity contribution in [2.75, 3.05) is 13.1 Å². The molecule has 1 saturated heterocycles. The maximum atomic E-state index is 12.8. The molecule has 6 nitrogen and oxygen atoms in total. The molecule has 2 atom stereocenters. The summed E-state index contributed by atoms with van der Waals surface area (Å²) in [5.74, 6) is 0.244. The molecule has 6 heteroatoms. The highest BCUT2D eigenvalue weighted by Crippen LogP contribution is 2.35. The van der Waals surface area contributed by atoms with Crippen molar-refractivity contribution in [1.82, 2.24) is 10.2 Å². The van der Waals surface area contributed by atoms with Crippen LogP contribution in [0.5, 0.6) is 0 Å². The largest absolute Gasteiger partial charge is 0.445 e. The molecule has 0 aliphatic carbocycles. The summed E-state index contributed by atoms with van der Waals surface area (Å²) >= 11 is 0. The summed E-state index contributed by atoms with van der Waals surface area (Å²) in [6.07, 6.45) is 0.828. The molecule has 2 aromatic carbocycles. The van der Waals surface area contributed by atoms with E-state index >= 15 is 0 Å². The summed E-state index contributed by atoms with van der Waals surface area (Å²) in [4.78, 5) is 26.7. The van der Waals surface area contributed by atoms with Crippen LogP contribution >= 0.6 is 0 Å². The predicted molar refractivity (Wildman–Crippen MR) is 119 cm³/mol. The highest BCUT2D eigenvalue weighted by molar-refractivity contribution is 5.69. The Labute approximate surface area is 184 Å². The van der Waals surface area contributed by atoms with E-state index in [1.807, 2.05) is 86.3 Å². The molecule has 2 unspecified atom stereocenters. The quantitative estimate of drug-likeness (QED) is 0.707. The molecule has 2 aromatic rings. The van der Waals surface area contributed by atoms with Crippen LogP contribution in [0.2, 0.25) is 0 Å². The molecule has 1 fully saturated rings. The molecule has 0 bridgehead atoms. The van der Waals surface area contributed by atoms with Crippen molar-refractivity contribution in [3.63, 3.8) is 0 Å². The van der Waals surface area contributed by atoms with E-state index in [4.69, 9.17) is 9.47 Å². The maximum Gasteiger partial charge on any atom is 0.410 e. The van der Waals surface area contributed by atoms with Gasteiger partial charge in [-0.15, -0.1) is 0 Å². The number of nitrogens with one attached hydrogen (secondary N) is 1. The topological polar surface area (TPSA) is 67.9 Å². The number of hydrogen-bond acceptors (Lipinski definition) is 4. The van der Waals surface area contributed by atoms with Crippen molar-refractivity contribution in [3.8, 4) is 0 Å². The smallest absolute Gasteiger partial charge is 0.410 e. The number of piperidine rings is 1. The lowest BCUT2D eigenvalue weighted by Crippen LogP contribution is -2.45. The minimum absolute atomic E-state index is 0.0862. The minimum atomic E-state index is -0.542. The van der Waals surface area contributed by atoms with Crippen LogP contribution in [-0.4, -0.2) is 35.8 Å². The number of alkyl carbamates (subject to hydrolysis) is 1. The second-order valence-electron chi connectivity index (χ2n) is 8.93. The standard InChI is InChI=1S/C25H32N2O4/c1-25(2,3)31-24(29)27-15-14-20(16-22(27)21-12-8-5-9-13-21)17-26-23(28)30-18-19-10-6-4-7-11-19/h4-13,20,22H,14-18H2,1-3H3,(H,26,28). The van der Waals surface area contributed by atoms with Crippen LogP contribution in [0, 0.1) is 5.92 Å². The molecule has 0 aromatic heterocycles. The van der Waals surface area contributed by atoms with Gasteiger partial charge in [-0.3, -0.25) is 0 Å². The van der Waals surface area contributed by atoms with Crippen molar-refractivity contribution >= 4 is 12.2 Å². The first-order valence-corrected chi connectivity index (χ1v) is 10.8. The van der Waals surface area contributed by atoms with Crippen LogP contribution in [0.15, 0.2) is 60.7 Å². The lowest BCUT2D eigenvalue weighted by atomic mass is 9.87. The van der Waals surface area contributed by atoms with Gasteiger partial charge in [-0.05, 0) is 50.7 Å². The van der Waals surface area contributed by atoms with Gasteiger partial charge in [-0.25, -0.2) is 9.59 Å². The van der Waals surface area contributed by atoms with Crippen LogP contribution in [-0.2, 0) is 16.1 Å². The van der Waals surface area contributed by atoms with Crippen LogP contribution in [0.1, 0.15) is 50.8 Å². The average molecular weight is 425 g/mol. The summed E-state index contributed by atoms with van der Waals surface area (Å²) in [5, 5.41) is 2.88. The maximum absolute atomic E-state index is 12.8. The van der Waals surface area contributed by atoms with Gasteiger partial charge in [0.05, 0.1) is 6.04 Å². The zero-order valence-corrected chi connectivity index (χ0v) is 18.5. The van der Waals surface area contributed by atoms with E-state index in [2.05, 4.69) is 5.32 Å². The van der Waals surface area contributed by atoms with Crippen LogP contribution in [0.3, 0.4) is 0 Å². The molecule has 1 aliphatic rings. The zero-order valence-electron chi connectivity index (χ0n) is 18.5. The van der Waals surface area contributed by atoms with Crippen LogP contribution < -0.4 is 5.32 Å². The molecule has 0 saturated carbocycles. The second kappa shape index (κ2) is 10.3. The number of hydrogen-bond donors (Lipinski definition) is 1. The predicted octanol–water partition coefficient (Wildman–Crippen LogP) is 5.30. The van der Waals surface area contributed by atoms with Gasteiger partial charge in [0.1, 0.15) is 12.2 Å². The molecule has 3 rings (SSSR count). The molecule has 2 amide bonds. The summed E-state index contributed by atoms with van der Waals surface area (Å²) in [6, 6.07) is 19.5. The Hall–Kier alpha value is -3.02. The van der Waals surface area contributed by atoms with E-state index in [-0.39, 0.29) is 24.7 Å². The third-order valence-corrected chi connectivity index (χ3v) is 5.27. The molecule has 166 valence electrons. The first kappa shape index (κ1) is 22.7. The third-order valence-electron chi connectivity index (χ3n) is 5.27. The Morgan fingerprint density at radius 3 is 2.32 bits per heavy atom. The number of carbonyl (C=O) groups excluding carboxylic acids is 2. The molecule has 1 heterocycles. The molecular formula is C25H32N2O4. The van der Waals surface area contributed by atoms with Gasteiger partial charge < -0.3 is 19.7 Å². The third kappa shape index (κ3) is 7.02. The van der Waals surface area contributed by atoms with Crippen LogP contribution in [0.25, 0.3) is 0 Å². The zero-order chi connectivity index (χ0) is 22.3. The summed E-state index contributed by atoms with van der Waals surface area (Å²) in [6.45, 7) is 6.97. The summed E-state index contributed by atoms with van der Waals surface area (Å²) in [5.41, 5.74) is 1.48. The lowest BCUT2D eigenvalue weighted by Gasteiger charge is -2.40. The van der Waals surface area contributed by atoms with E-state index in [9.17, 15) is 9.59 Å². The van der Waals surface area contributed by atoms with Gasteiger partial charge in [0.15, 0.2) is 0 Å². The van der Waals surface area contributed by atoms with Gasteiger partial charge >= 0.3 is 12.2 Å². The van der Waals surface area contributed by atoms with Crippen molar-refractivity contribution < 1.29 is 19.1 Å². The van der Waals surface area contributed by atoms with Crippen molar-refractivity contribution in [3.05, 3.63) is 71.8 Å². The molecular weight excluding hydrogens is 392 g/mol. The number of benzene rings is 2. The number of carbonyl (C=O) groups is 2. The molecule has 0 radical (unpaired) electrons.